The first-order valence-electron chi connectivity index (χ1n) is 4.21. The second kappa shape index (κ2) is 6.35. The van der Waals surface area contributed by atoms with E-state index in [0.29, 0.717) is 0 Å². The maximum atomic E-state index is 11.1. The molecule has 0 saturated heterocycles. The minimum Gasteiger partial charge on any atom is -0.481 e. The van der Waals surface area contributed by atoms with Gasteiger partial charge in [0.1, 0.15) is 0 Å². The fraction of sp³-hybridized carbons (Fsp3) is 0.625. The summed E-state index contributed by atoms with van der Waals surface area (Å²) < 4.78 is 8.90. The molecular formula is C8H13O6P. The standard InChI is InChI=1S/C8H13O6P/c1-4(2)7(11)13-5(3-6(9)10)8(12)14-15/h4-5H,3,15H2,1-2H3,(H,9,10)/t5-/m0/s1. The largest absolute Gasteiger partial charge is 0.481 e. The minimum absolute atomic E-state index is 0.432. The van der Waals surface area contributed by atoms with Gasteiger partial charge >= 0.3 is 17.9 Å². The van der Waals surface area contributed by atoms with Gasteiger partial charge in [-0.2, -0.15) is 0 Å². The Morgan fingerprint density at radius 1 is 1.27 bits per heavy atom. The van der Waals surface area contributed by atoms with Crippen molar-refractivity contribution in [1.29, 1.82) is 0 Å². The van der Waals surface area contributed by atoms with Crippen LogP contribution in [0.5, 0.6) is 0 Å². The van der Waals surface area contributed by atoms with Crippen molar-refractivity contribution in [3.05, 3.63) is 0 Å². The molecule has 0 amide bonds. The van der Waals surface area contributed by atoms with Crippen LogP contribution in [0, 0.1) is 5.92 Å². The van der Waals surface area contributed by atoms with Crippen molar-refractivity contribution in [1.82, 2.24) is 0 Å². The molecule has 0 radical (unpaired) electrons. The van der Waals surface area contributed by atoms with Crippen LogP contribution in [0.2, 0.25) is 0 Å². The van der Waals surface area contributed by atoms with E-state index in [4.69, 9.17) is 5.11 Å². The zero-order chi connectivity index (χ0) is 12.0. The molecule has 0 aromatic heterocycles. The van der Waals surface area contributed by atoms with Gasteiger partial charge in [-0.3, -0.25) is 9.59 Å². The van der Waals surface area contributed by atoms with Crippen LogP contribution in [0.15, 0.2) is 0 Å². The molecule has 0 rings (SSSR count). The quantitative estimate of drug-likeness (QED) is 0.547. The van der Waals surface area contributed by atoms with E-state index in [1.807, 2.05) is 0 Å². The SMILES string of the molecule is CC(C)C(=O)O[C@@H](CC(=O)O)C(=O)OP. The zero-order valence-corrected chi connectivity index (χ0v) is 9.58. The number of aliphatic carboxylic acids is 1. The van der Waals surface area contributed by atoms with Crippen molar-refractivity contribution in [3.63, 3.8) is 0 Å². The lowest BCUT2D eigenvalue weighted by atomic mass is 10.2. The Morgan fingerprint density at radius 2 is 1.80 bits per heavy atom. The van der Waals surface area contributed by atoms with Gasteiger partial charge in [0.2, 0.25) is 6.10 Å². The van der Waals surface area contributed by atoms with Crippen molar-refractivity contribution >= 4 is 27.4 Å². The molecule has 0 aliphatic rings. The molecule has 0 aliphatic carbocycles. The van der Waals surface area contributed by atoms with Gasteiger partial charge in [-0.25, -0.2) is 4.79 Å². The Balaban J connectivity index is 4.44. The molecule has 0 spiro atoms. The summed E-state index contributed by atoms with van der Waals surface area (Å²) in [6.07, 6.45) is -2.00. The molecule has 0 bridgehead atoms. The number of ether oxygens (including phenoxy) is 1. The molecule has 0 saturated carbocycles. The molecule has 2 atom stereocenters. The number of carboxylic acid groups (broad SMARTS) is 1. The summed E-state index contributed by atoms with van der Waals surface area (Å²) in [4.78, 5) is 32.5. The summed E-state index contributed by atoms with van der Waals surface area (Å²) in [5.41, 5.74) is 0. The van der Waals surface area contributed by atoms with E-state index in [-0.39, 0.29) is 0 Å². The Kier molecular flexibility index (Phi) is 5.86. The highest BCUT2D eigenvalue weighted by Crippen LogP contribution is 2.08. The van der Waals surface area contributed by atoms with Gasteiger partial charge in [0.05, 0.1) is 21.8 Å². The normalized spacial score (nSPS) is 12.0. The first-order chi connectivity index (χ1) is 6.88. The molecule has 86 valence electrons. The summed E-state index contributed by atoms with van der Waals surface area (Å²) in [6.45, 7) is 3.15. The Bertz CT molecular complexity index is 262. The van der Waals surface area contributed by atoms with Crippen LogP contribution in [0.3, 0.4) is 0 Å². The van der Waals surface area contributed by atoms with Crippen LogP contribution < -0.4 is 0 Å². The van der Waals surface area contributed by atoms with Crippen molar-refractivity contribution in [3.8, 4) is 0 Å². The molecule has 0 aromatic rings. The first-order valence-corrected chi connectivity index (χ1v) is 4.68. The predicted octanol–water partition coefficient (Wildman–Crippen LogP) is 0.362. The molecular weight excluding hydrogens is 223 g/mol. The lowest BCUT2D eigenvalue weighted by Crippen LogP contribution is -2.31. The Labute approximate surface area is 89.2 Å². The van der Waals surface area contributed by atoms with Crippen molar-refractivity contribution in [2.75, 3.05) is 0 Å². The number of carboxylic acids is 1. The highest BCUT2D eigenvalue weighted by atomic mass is 31.0. The highest BCUT2D eigenvalue weighted by molar-refractivity contribution is 7.10. The Morgan fingerprint density at radius 3 is 2.13 bits per heavy atom. The van der Waals surface area contributed by atoms with Crippen LogP contribution in [-0.2, 0) is 23.6 Å². The topological polar surface area (TPSA) is 89.9 Å². The maximum Gasteiger partial charge on any atom is 0.350 e. The van der Waals surface area contributed by atoms with Gasteiger partial charge in [-0.15, -0.1) is 0 Å². The molecule has 0 heterocycles. The third-order valence-electron chi connectivity index (χ3n) is 1.47. The van der Waals surface area contributed by atoms with Gasteiger partial charge in [-0.05, 0) is 0 Å². The van der Waals surface area contributed by atoms with E-state index in [1.165, 1.54) is 0 Å². The van der Waals surface area contributed by atoms with Crippen LogP contribution in [0.1, 0.15) is 20.3 Å². The molecule has 15 heavy (non-hydrogen) atoms. The summed E-state index contributed by atoms with van der Waals surface area (Å²) in [6, 6.07) is 0. The number of carbonyl (C=O) groups is 3. The Hall–Kier alpha value is -1.16. The van der Waals surface area contributed by atoms with Crippen molar-refractivity contribution in [2.45, 2.75) is 26.4 Å². The van der Waals surface area contributed by atoms with E-state index < -0.39 is 36.4 Å². The molecule has 6 nitrogen and oxygen atoms in total. The van der Waals surface area contributed by atoms with Gasteiger partial charge in [-0.1, -0.05) is 13.8 Å². The van der Waals surface area contributed by atoms with Crippen LogP contribution in [-0.4, -0.2) is 29.1 Å². The minimum atomic E-state index is -1.39. The number of hydrogen-bond acceptors (Lipinski definition) is 5. The molecule has 1 N–H and O–H groups in total. The van der Waals surface area contributed by atoms with Crippen molar-refractivity contribution in [2.24, 2.45) is 5.92 Å². The third-order valence-corrected chi connectivity index (χ3v) is 1.70. The van der Waals surface area contributed by atoms with E-state index in [9.17, 15) is 14.4 Å². The summed E-state index contributed by atoms with van der Waals surface area (Å²) >= 11 is 0. The van der Waals surface area contributed by atoms with Gasteiger partial charge in [0.25, 0.3) is 0 Å². The van der Waals surface area contributed by atoms with E-state index >= 15 is 0 Å². The number of esters is 1. The molecule has 0 aliphatic heterocycles. The summed E-state index contributed by atoms with van der Waals surface area (Å²) in [5, 5.41) is 8.47. The fourth-order valence-electron chi connectivity index (χ4n) is 0.684. The second-order valence-electron chi connectivity index (χ2n) is 3.11. The van der Waals surface area contributed by atoms with E-state index in [2.05, 4.69) is 9.26 Å². The number of rotatable bonds is 5. The smallest absolute Gasteiger partial charge is 0.350 e. The molecule has 0 fully saturated rings. The average molecular weight is 236 g/mol. The molecule has 1 unspecified atom stereocenters. The predicted molar refractivity (Wildman–Crippen MR) is 52.8 cm³/mol. The first kappa shape index (κ1) is 13.8. The summed E-state index contributed by atoms with van der Waals surface area (Å²) in [7, 11) is 1.68. The number of carbonyl (C=O) groups excluding carboxylic acids is 2. The van der Waals surface area contributed by atoms with Gasteiger partial charge < -0.3 is 14.4 Å². The van der Waals surface area contributed by atoms with Crippen LogP contribution in [0.4, 0.5) is 0 Å². The average Bonchev–Trinajstić information content (AvgIpc) is 2.14. The lowest BCUT2D eigenvalue weighted by molar-refractivity contribution is -0.167. The van der Waals surface area contributed by atoms with Crippen LogP contribution in [0.25, 0.3) is 0 Å². The fourth-order valence-corrected chi connectivity index (χ4v) is 0.836. The third kappa shape index (κ3) is 5.32. The molecule has 0 aromatic carbocycles. The van der Waals surface area contributed by atoms with E-state index in [1.54, 1.807) is 23.3 Å². The zero-order valence-electron chi connectivity index (χ0n) is 8.43. The summed E-state index contributed by atoms with van der Waals surface area (Å²) in [5.74, 6) is -3.22. The number of hydrogen-bond donors (Lipinski definition) is 1. The monoisotopic (exact) mass is 236 g/mol. The van der Waals surface area contributed by atoms with Crippen molar-refractivity contribution < 1.29 is 28.8 Å². The lowest BCUT2D eigenvalue weighted by Gasteiger charge is -2.14. The molecule has 7 heteroatoms. The highest BCUT2D eigenvalue weighted by Gasteiger charge is 2.27. The van der Waals surface area contributed by atoms with E-state index in [0.717, 1.165) is 0 Å². The van der Waals surface area contributed by atoms with Gasteiger partial charge in [0.15, 0.2) is 0 Å². The van der Waals surface area contributed by atoms with Gasteiger partial charge in [0, 0.05) is 0 Å². The van der Waals surface area contributed by atoms with Crippen LogP contribution >= 0.6 is 9.47 Å². The second-order valence-corrected chi connectivity index (χ2v) is 3.35. The maximum absolute atomic E-state index is 11.1.